The fourth-order valence-corrected chi connectivity index (χ4v) is 2.13. The predicted molar refractivity (Wildman–Crippen MR) is 84.7 cm³/mol. The number of hydrogen-bond acceptors (Lipinski definition) is 4. The van der Waals surface area contributed by atoms with Gasteiger partial charge in [-0.25, -0.2) is 0 Å². The maximum absolute atomic E-state index is 10.6. The van der Waals surface area contributed by atoms with E-state index in [4.69, 9.17) is 4.74 Å². The molecule has 1 N–H and O–H groups in total. The van der Waals surface area contributed by atoms with Crippen molar-refractivity contribution in [3.05, 3.63) is 62.6 Å². The molecule has 6 heteroatoms. The standard InChI is InChI=1S/C15H15BrN2O3/c1-2-17-10-11-3-4-12(16)9-15(11)21-14-7-5-13(6-8-14)18(19)20/h3-9,17H,2,10H2,1H3. The second-order valence-corrected chi connectivity index (χ2v) is 5.30. The third kappa shape index (κ3) is 4.27. The number of non-ortho nitro benzene ring substituents is 1. The lowest BCUT2D eigenvalue weighted by Gasteiger charge is -2.12. The van der Waals surface area contributed by atoms with Crippen LogP contribution in [-0.2, 0) is 6.54 Å². The molecule has 0 radical (unpaired) electrons. The van der Waals surface area contributed by atoms with E-state index in [2.05, 4.69) is 21.2 Å². The Morgan fingerprint density at radius 2 is 1.95 bits per heavy atom. The molecular weight excluding hydrogens is 336 g/mol. The van der Waals surface area contributed by atoms with Crippen LogP contribution in [0.4, 0.5) is 5.69 Å². The Morgan fingerprint density at radius 3 is 2.57 bits per heavy atom. The predicted octanol–water partition coefficient (Wildman–Crippen LogP) is 4.26. The summed E-state index contributed by atoms with van der Waals surface area (Å²) in [6.07, 6.45) is 0. The third-order valence-electron chi connectivity index (χ3n) is 2.87. The zero-order valence-corrected chi connectivity index (χ0v) is 13.1. The second-order valence-electron chi connectivity index (χ2n) is 4.39. The highest BCUT2D eigenvalue weighted by Crippen LogP contribution is 2.29. The topological polar surface area (TPSA) is 64.4 Å². The molecule has 0 fully saturated rings. The van der Waals surface area contributed by atoms with Crippen LogP contribution in [0.25, 0.3) is 0 Å². The van der Waals surface area contributed by atoms with Gasteiger partial charge in [0.15, 0.2) is 0 Å². The number of halogens is 1. The summed E-state index contributed by atoms with van der Waals surface area (Å²) in [5, 5.41) is 13.9. The first kappa shape index (κ1) is 15.5. The summed E-state index contributed by atoms with van der Waals surface area (Å²) >= 11 is 3.42. The molecule has 2 aromatic rings. The largest absolute Gasteiger partial charge is 0.457 e. The molecular formula is C15H15BrN2O3. The highest BCUT2D eigenvalue weighted by Gasteiger charge is 2.08. The van der Waals surface area contributed by atoms with Gasteiger partial charge in [0.1, 0.15) is 11.5 Å². The molecule has 0 heterocycles. The zero-order chi connectivity index (χ0) is 15.2. The first-order valence-corrected chi connectivity index (χ1v) is 7.31. The number of benzene rings is 2. The van der Waals surface area contributed by atoms with Crippen LogP contribution in [0, 0.1) is 10.1 Å². The summed E-state index contributed by atoms with van der Waals surface area (Å²) < 4.78 is 6.75. The van der Waals surface area contributed by atoms with Gasteiger partial charge in [-0.3, -0.25) is 10.1 Å². The molecule has 2 rings (SSSR count). The Balaban J connectivity index is 2.21. The average Bonchev–Trinajstić information content (AvgIpc) is 2.47. The molecule has 0 unspecified atom stereocenters. The minimum Gasteiger partial charge on any atom is -0.457 e. The van der Waals surface area contributed by atoms with E-state index in [1.807, 2.05) is 25.1 Å². The Labute approximate surface area is 131 Å². The fourth-order valence-electron chi connectivity index (χ4n) is 1.79. The molecule has 5 nitrogen and oxygen atoms in total. The first-order valence-electron chi connectivity index (χ1n) is 6.51. The normalized spacial score (nSPS) is 10.4. The summed E-state index contributed by atoms with van der Waals surface area (Å²) in [7, 11) is 0. The number of ether oxygens (including phenoxy) is 1. The van der Waals surface area contributed by atoms with E-state index in [0.717, 1.165) is 22.3 Å². The Morgan fingerprint density at radius 1 is 1.24 bits per heavy atom. The van der Waals surface area contributed by atoms with Crippen LogP contribution in [0.15, 0.2) is 46.9 Å². The summed E-state index contributed by atoms with van der Waals surface area (Å²) in [6.45, 7) is 3.61. The Bertz CT molecular complexity index is 629. The second kappa shape index (κ2) is 7.19. The SMILES string of the molecule is CCNCc1ccc(Br)cc1Oc1ccc([N+](=O)[O-])cc1. The minimum absolute atomic E-state index is 0.0458. The molecule has 0 aliphatic rings. The van der Waals surface area contributed by atoms with E-state index < -0.39 is 4.92 Å². The number of nitro benzene ring substituents is 1. The van der Waals surface area contributed by atoms with E-state index in [0.29, 0.717) is 12.3 Å². The van der Waals surface area contributed by atoms with Gasteiger partial charge in [0, 0.05) is 28.7 Å². The van der Waals surface area contributed by atoms with Crippen LogP contribution in [-0.4, -0.2) is 11.5 Å². The molecule has 2 aromatic carbocycles. The molecule has 0 bridgehead atoms. The molecule has 21 heavy (non-hydrogen) atoms. The molecule has 0 aliphatic carbocycles. The number of rotatable bonds is 6. The van der Waals surface area contributed by atoms with E-state index in [1.165, 1.54) is 12.1 Å². The molecule has 0 atom stereocenters. The van der Waals surface area contributed by atoms with Crippen molar-refractivity contribution in [3.8, 4) is 11.5 Å². The monoisotopic (exact) mass is 350 g/mol. The Kier molecular flexibility index (Phi) is 5.30. The van der Waals surface area contributed by atoms with Gasteiger partial charge in [-0.05, 0) is 30.8 Å². The summed E-state index contributed by atoms with van der Waals surface area (Å²) in [6, 6.07) is 11.9. The lowest BCUT2D eigenvalue weighted by molar-refractivity contribution is -0.384. The van der Waals surface area contributed by atoms with Crippen LogP contribution in [0.3, 0.4) is 0 Å². The van der Waals surface area contributed by atoms with E-state index >= 15 is 0 Å². The molecule has 0 aliphatic heterocycles. The van der Waals surface area contributed by atoms with E-state index in [9.17, 15) is 10.1 Å². The Hall–Kier alpha value is -1.92. The van der Waals surface area contributed by atoms with Crippen molar-refractivity contribution in [2.45, 2.75) is 13.5 Å². The lowest BCUT2D eigenvalue weighted by Crippen LogP contribution is -2.12. The highest BCUT2D eigenvalue weighted by molar-refractivity contribution is 9.10. The zero-order valence-electron chi connectivity index (χ0n) is 11.5. The average molecular weight is 351 g/mol. The number of nitro groups is 1. The molecule has 0 aromatic heterocycles. The van der Waals surface area contributed by atoms with Crippen LogP contribution in [0.5, 0.6) is 11.5 Å². The van der Waals surface area contributed by atoms with Crippen LogP contribution in [0.2, 0.25) is 0 Å². The van der Waals surface area contributed by atoms with Crippen molar-refractivity contribution in [1.29, 1.82) is 0 Å². The van der Waals surface area contributed by atoms with Gasteiger partial charge in [-0.15, -0.1) is 0 Å². The maximum Gasteiger partial charge on any atom is 0.269 e. The third-order valence-corrected chi connectivity index (χ3v) is 3.36. The molecule has 0 spiro atoms. The van der Waals surface area contributed by atoms with Crippen molar-refractivity contribution < 1.29 is 9.66 Å². The molecule has 0 saturated heterocycles. The van der Waals surface area contributed by atoms with E-state index in [1.54, 1.807) is 12.1 Å². The van der Waals surface area contributed by atoms with Gasteiger partial charge in [-0.2, -0.15) is 0 Å². The maximum atomic E-state index is 10.6. The number of nitrogens with one attached hydrogen (secondary N) is 1. The quantitative estimate of drug-likeness (QED) is 0.624. The van der Waals surface area contributed by atoms with Crippen molar-refractivity contribution in [2.75, 3.05) is 6.54 Å². The molecule has 110 valence electrons. The molecule has 0 amide bonds. The van der Waals surface area contributed by atoms with Crippen molar-refractivity contribution in [3.63, 3.8) is 0 Å². The lowest BCUT2D eigenvalue weighted by atomic mass is 10.2. The summed E-state index contributed by atoms with van der Waals surface area (Å²) in [5.41, 5.74) is 1.07. The van der Waals surface area contributed by atoms with E-state index in [-0.39, 0.29) is 5.69 Å². The van der Waals surface area contributed by atoms with Crippen molar-refractivity contribution in [2.24, 2.45) is 0 Å². The fraction of sp³-hybridized carbons (Fsp3) is 0.200. The van der Waals surface area contributed by atoms with Crippen LogP contribution < -0.4 is 10.1 Å². The summed E-state index contributed by atoms with van der Waals surface area (Å²) in [5.74, 6) is 1.29. The molecule has 0 saturated carbocycles. The summed E-state index contributed by atoms with van der Waals surface area (Å²) in [4.78, 5) is 10.2. The number of hydrogen-bond donors (Lipinski definition) is 1. The van der Waals surface area contributed by atoms with Gasteiger partial charge in [-0.1, -0.05) is 28.9 Å². The highest BCUT2D eigenvalue weighted by atomic mass is 79.9. The van der Waals surface area contributed by atoms with Gasteiger partial charge >= 0.3 is 0 Å². The smallest absolute Gasteiger partial charge is 0.269 e. The van der Waals surface area contributed by atoms with Crippen LogP contribution in [0.1, 0.15) is 12.5 Å². The number of nitrogens with zero attached hydrogens (tertiary/aromatic N) is 1. The van der Waals surface area contributed by atoms with Crippen molar-refractivity contribution >= 4 is 21.6 Å². The van der Waals surface area contributed by atoms with Gasteiger partial charge in [0.25, 0.3) is 5.69 Å². The van der Waals surface area contributed by atoms with Gasteiger partial charge in [0.2, 0.25) is 0 Å². The minimum atomic E-state index is -0.431. The van der Waals surface area contributed by atoms with Gasteiger partial charge < -0.3 is 10.1 Å². The first-order chi connectivity index (χ1) is 10.1. The van der Waals surface area contributed by atoms with Crippen LogP contribution >= 0.6 is 15.9 Å². The van der Waals surface area contributed by atoms with Crippen molar-refractivity contribution in [1.82, 2.24) is 5.32 Å². The van der Waals surface area contributed by atoms with Gasteiger partial charge in [0.05, 0.1) is 4.92 Å².